The molecule has 1 aromatic rings. The second-order valence-electron chi connectivity index (χ2n) is 4.74. The number of nitrogens with zero attached hydrogens (tertiary/aromatic N) is 1. The highest BCUT2D eigenvalue weighted by Crippen LogP contribution is 2.22. The maximum atomic E-state index is 5.68. The summed E-state index contributed by atoms with van der Waals surface area (Å²) in [4.78, 5) is 4.63. The molecule has 1 atom stereocenters. The Labute approximate surface area is 102 Å². The molecule has 2 rings (SSSR count). The van der Waals surface area contributed by atoms with E-state index in [0.29, 0.717) is 12.5 Å². The van der Waals surface area contributed by atoms with E-state index in [1.807, 2.05) is 25.1 Å². The van der Waals surface area contributed by atoms with Crippen molar-refractivity contribution in [3.05, 3.63) is 29.3 Å². The second kappa shape index (κ2) is 4.78. The molecule has 3 nitrogen and oxygen atoms in total. The summed E-state index contributed by atoms with van der Waals surface area (Å²) in [7, 11) is 1.67. The van der Waals surface area contributed by atoms with Crippen LogP contribution in [0.15, 0.2) is 23.2 Å². The molecule has 17 heavy (non-hydrogen) atoms. The molecule has 0 N–H and O–H groups in total. The van der Waals surface area contributed by atoms with Gasteiger partial charge in [0.1, 0.15) is 12.4 Å². The van der Waals surface area contributed by atoms with Crippen molar-refractivity contribution in [2.75, 3.05) is 13.7 Å². The average molecular weight is 233 g/mol. The maximum absolute atomic E-state index is 5.68. The zero-order valence-electron chi connectivity index (χ0n) is 10.9. The van der Waals surface area contributed by atoms with Crippen molar-refractivity contribution < 1.29 is 9.47 Å². The summed E-state index contributed by atoms with van der Waals surface area (Å²) < 4.78 is 10.9. The number of benzene rings is 1. The summed E-state index contributed by atoms with van der Waals surface area (Å²) in [6, 6.07) is 6.24. The lowest BCUT2D eigenvalue weighted by Gasteiger charge is -2.07. The van der Waals surface area contributed by atoms with E-state index in [1.165, 1.54) is 0 Å². The van der Waals surface area contributed by atoms with E-state index in [0.717, 1.165) is 22.8 Å². The zero-order valence-corrected chi connectivity index (χ0v) is 10.9. The summed E-state index contributed by atoms with van der Waals surface area (Å²) in [5.41, 5.74) is 2.20. The van der Waals surface area contributed by atoms with E-state index in [-0.39, 0.29) is 6.04 Å². The molecule has 0 bridgehead atoms. The van der Waals surface area contributed by atoms with Gasteiger partial charge >= 0.3 is 0 Å². The minimum Gasteiger partial charge on any atom is -0.497 e. The Hall–Kier alpha value is -1.51. The van der Waals surface area contributed by atoms with Crippen LogP contribution in [0.2, 0.25) is 0 Å². The third-order valence-corrected chi connectivity index (χ3v) is 3.11. The predicted octanol–water partition coefficient (Wildman–Crippen LogP) is 2.81. The predicted molar refractivity (Wildman–Crippen MR) is 68.8 cm³/mol. The van der Waals surface area contributed by atoms with E-state index in [2.05, 4.69) is 18.8 Å². The van der Waals surface area contributed by atoms with Crippen LogP contribution in [0.3, 0.4) is 0 Å². The average Bonchev–Trinajstić information content (AvgIpc) is 2.78. The topological polar surface area (TPSA) is 30.8 Å². The summed E-state index contributed by atoms with van der Waals surface area (Å²) in [6.07, 6.45) is 0. The number of ether oxygens (including phenoxy) is 2. The largest absolute Gasteiger partial charge is 0.497 e. The van der Waals surface area contributed by atoms with Gasteiger partial charge < -0.3 is 9.47 Å². The van der Waals surface area contributed by atoms with Crippen molar-refractivity contribution in [3.8, 4) is 5.75 Å². The van der Waals surface area contributed by atoms with Gasteiger partial charge in [0.15, 0.2) is 0 Å². The zero-order chi connectivity index (χ0) is 12.4. The monoisotopic (exact) mass is 233 g/mol. The third kappa shape index (κ3) is 2.43. The number of rotatable bonds is 3. The molecule has 0 fully saturated rings. The van der Waals surface area contributed by atoms with Crippen LogP contribution in [0.5, 0.6) is 5.75 Å². The van der Waals surface area contributed by atoms with Crippen molar-refractivity contribution in [3.63, 3.8) is 0 Å². The number of hydrogen-bond acceptors (Lipinski definition) is 3. The first-order valence-corrected chi connectivity index (χ1v) is 5.97. The van der Waals surface area contributed by atoms with Gasteiger partial charge in [0.25, 0.3) is 0 Å². The first kappa shape index (κ1) is 12.0. The summed E-state index contributed by atoms with van der Waals surface area (Å²) in [6.45, 7) is 7.08. The van der Waals surface area contributed by atoms with E-state index in [4.69, 9.17) is 9.47 Å². The van der Waals surface area contributed by atoms with Crippen molar-refractivity contribution in [2.24, 2.45) is 10.9 Å². The fourth-order valence-electron chi connectivity index (χ4n) is 1.88. The van der Waals surface area contributed by atoms with Crippen LogP contribution >= 0.6 is 0 Å². The molecule has 92 valence electrons. The molecular formula is C14H19NO2. The van der Waals surface area contributed by atoms with Crippen LogP contribution in [0.25, 0.3) is 0 Å². The molecule has 1 aliphatic rings. The lowest BCUT2D eigenvalue weighted by Crippen LogP contribution is -2.13. The molecule has 0 saturated carbocycles. The Kier molecular flexibility index (Phi) is 3.36. The molecule has 1 heterocycles. The van der Waals surface area contributed by atoms with Gasteiger partial charge in [0.2, 0.25) is 5.90 Å². The lowest BCUT2D eigenvalue weighted by molar-refractivity contribution is 0.291. The first-order chi connectivity index (χ1) is 8.11. The quantitative estimate of drug-likeness (QED) is 0.803. The number of aryl methyl sites for hydroxylation is 1. The minimum atomic E-state index is 0.284. The molecule has 1 aliphatic heterocycles. The molecule has 0 aromatic heterocycles. The molecule has 0 amide bonds. The highest BCUT2D eigenvalue weighted by molar-refractivity contribution is 5.96. The van der Waals surface area contributed by atoms with Crippen LogP contribution in [-0.2, 0) is 4.74 Å². The van der Waals surface area contributed by atoms with E-state index >= 15 is 0 Å². The summed E-state index contributed by atoms with van der Waals surface area (Å²) in [5, 5.41) is 0. The number of methoxy groups -OCH3 is 1. The van der Waals surface area contributed by atoms with E-state index < -0.39 is 0 Å². The van der Waals surface area contributed by atoms with Gasteiger partial charge in [0, 0.05) is 5.56 Å². The third-order valence-electron chi connectivity index (χ3n) is 3.11. The van der Waals surface area contributed by atoms with Gasteiger partial charge in [-0.15, -0.1) is 0 Å². The summed E-state index contributed by atoms with van der Waals surface area (Å²) in [5.74, 6) is 2.15. The highest BCUT2D eigenvalue weighted by atomic mass is 16.5. The highest BCUT2D eigenvalue weighted by Gasteiger charge is 2.23. The molecule has 0 radical (unpaired) electrons. The molecule has 0 spiro atoms. The molecule has 3 heteroatoms. The lowest BCUT2D eigenvalue weighted by atomic mass is 10.1. The fourth-order valence-corrected chi connectivity index (χ4v) is 1.88. The normalized spacial score (nSPS) is 19.1. The number of hydrogen-bond donors (Lipinski definition) is 0. The van der Waals surface area contributed by atoms with Crippen LogP contribution < -0.4 is 4.74 Å². The second-order valence-corrected chi connectivity index (χ2v) is 4.74. The van der Waals surface area contributed by atoms with Gasteiger partial charge in [-0.1, -0.05) is 13.8 Å². The van der Waals surface area contributed by atoms with E-state index in [9.17, 15) is 0 Å². The summed E-state index contributed by atoms with van der Waals surface area (Å²) >= 11 is 0. The van der Waals surface area contributed by atoms with Crippen molar-refractivity contribution in [2.45, 2.75) is 26.8 Å². The Morgan fingerprint density at radius 2 is 2.18 bits per heavy atom. The van der Waals surface area contributed by atoms with Crippen molar-refractivity contribution in [1.82, 2.24) is 0 Å². The molecule has 0 unspecified atom stereocenters. The van der Waals surface area contributed by atoms with Gasteiger partial charge in [-0.05, 0) is 36.6 Å². The van der Waals surface area contributed by atoms with Gasteiger partial charge in [-0.25, -0.2) is 4.99 Å². The SMILES string of the molecule is COc1ccc(C2=N[C@H](C(C)C)CO2)c(C)c1. The Morgan fingerprint density at radius 1 is 1.41 bits per heavy atom. The Bertz CT molecular complexity index is 438. The van der Waals surface area contributed by atoms with E-state index in [1.54, 1.807) is 7.11 Å². The maximum Gasteiger partial charge on any atom is 0.216 e. The van der Waals surface area contributed by atoms with Crippen LogP contribution in [0.1, 0.15) is 25.0 Å². The van der Waals surface area contributed by atoms with Crippen LogP contribution in [0.4, 0.5) is 0 Å². The number of aliphatic imine (C=N–C) groups is 1. The van der Waals surface area contributed by atoms with Crippen molar-refractivity contribution in [1.29, 1.82) is 0 Å². The van der Waals surface area contributed by atoms with Gasteiger partial charge in [-0.3, -0.25) is 0 Å². The fraction of sp³-hybridized carbons (Fsp3) is 0.500. The molecule has 1 aromatic carbocycles. The Balaban J connectivity index is 2.27. The minimum absolute atomic E-state index is 0.284. The van der Waals surface area contributed by atoms with Gasteiger partial charge in [-0.2, -0.15) is 0 Å². The molecule has 0 saturated heterocycles. The molecule has 0 aliphatic carbocycles. The van der Waals surface area contributed by atoms with Crippen molar-refractivity contribution >= 4 is 5.90 Å². The standard InChI is InChI=1S/C14H19NO2/c1-9(2)13-8-17-14(15-13)12-6-5-11(16-4)7-10(12)3/h5-7,9,13H,8H2,1-4H3/t13-/m0/s1. The molecular weight excluding hydrogens is 214 g/mol. The van der Waals surface area contributed by atoms with Crippen LogP contribution in [0, 0.1) is 12.8 Å². The first-order valence-electron chi connectivity index (χ1n) is 5.97. The Morgan fingerprint density at radius 3 is 2.71 bits per heavy atom. The smallest absolute Gasteiger partial charge is 0.216 e. The van der Waals surface area contributed by atoms with Gasteiger partial charge in [0.05, 0.1) is 13.2 Å². The van der Waals surface area contributed by atoms with Crippen LogP contribution in [-0.4, -0.2) is 25.7 Å².